The predicted molar refractivity (Wildman–Crippen MR) is 746 cm³/mol. The molecule has 0 unspecified atom stereocenters. The van der Waals surface area contributed by atoms with E-state index in [1.807, 2.05) is 249 Å². The molecule has 0 amide bonds. The van der Waals surface area contributed by atoms with Gasteiger partial charge in [-0.2, -0.15) is 0 Å². The van der Waals surface area contributed by atoms with Crippen molar-refractivity contribution in [1.82, 2.24) is 0 Å². The molecule has 145 heavy (non-hydrogen) atoms. The summed E-state index contributed by atoms with van der Waals surface area (Å²) in [6, 6.07) is 0. The second-order valence-corrected chi connectivity index (χ2v) is 60.2. The third-order valence-corrected chi connectivity index (χ3v) is 21.0. The predicted octanol–water partition coefficient (Wildman–Crippen LogP) is 62.1. The second kappa shape index (κ2) is 131. The minimum absolute atomic E-state index is 0. The monoisotopic (exact) mass is 2110 g/mol. The van der Waals surface area contributed by atoms with Gasteiger partial charge in [-0.15, -0.1) is 0 Å². The fraction of sp³-hybridized carbons (Fsp3) is 1.00. The molecule has 0 aromatic rings. The second-order valence-electron chi connectivity index (χ2n) is 60.2. The van der Waals surface area contributed by atoms with E-state index in [2.05, 4.69) is 554 Å². The molecule has 0 bridgehead atoms. The minimum atomic E-state index is 0. The molecule has 0 aromatic carbocycles. The lowest BCUT2D eigenvalue weighted by molar-refractivity contribution is 0.00566. The van der Waals surface area contributed by atoms with Gasteiger partial charge in [-0.25, -0.2) is 0 Å². The molecular formula is C145H364. The van der Waals surface area contributed by atoms with Gasteiger partial charge in [0.05, 0.1) is 0 Å². The van der Waals surface area contributed by atoms with Crippen molar-refractivity contribution < 1.29 is 0 Å². The third-order valence-electron chi connectivity index (χ3n) is 21.0. The Balaban J connectivity index is -0.0000000241. The normalized spacial score (nSPS) is 10.7. The van der Waals surface area contributed by atoms with Crippen LogP contribution in [0.1, 0.15) is 833 Å². The molecule has 0 fully saturated rings. The molecule has 0 spiro atoms. The molecular weight excluding hydrogens is 1740 g/mol. The van der Waals surface area contributed by atoms with Crippen LogP contribution in [0.2, 0.25) is 0 Å². The highest BCUT2D eigenvalue weighted by Gasteiger charge is 2.43. The fourth-order valence-electron chi connectivity index (χ4n) is 2.25. The maximum Gasteiger partial charge on any atom is -0.0257 e. The Morgan fingerprint density at radius 2 is 0.0759 bits per heavy atom. The van der Waals surface area contributed by atoms with Crippen molar-refractivity contribution >= 4 is 0 Å². The van der Waals surface area contributed by atoms with Gasteiger partial charge in [0, 0.05) is 0 Å². The van der Waals surface area contributed by atoms with E-state index >= 15 is 0 Å². The van der Waals surface area contributed by atoms with Crippen LogP contribution in [0, 0.1) is 135 Å². The molecule has 0 aliphatic carbocycles. The van der Waals surface area contributed by atoms with Crippen LogP contribution in [-0.2, 0) is 0 Å². The molecule has 944 valence electrons. The highest BCUT2D eigenvalue weighted by Crippen LogP contribution is 2.52. The summed E-state index contributed by atoms with van der Waals surface area (Å²) in [4.78, 5) is 0. The van der Waals surface area contributed by atoms with Crippen LogP contribution in [-0.4, -0.2) is 0 Å². The molecule has 0 atom stereocenters. The molecule has 0 heteroatoms. The Bertz CT molecular complexity index is 1460. The lowest BCUT2D eigenvalue weighted by Gasteiger charge is -2.49. The standard InChI is InChI=1S/2C11H24.6C8H18.7C5H12.18C2H6.4CH4/c2*1-9(2,3)11(7,8)10(4,5)6;6*1-7(2,3)8(4,5)6;7*1-5(2,3)4;18*1-2;;;;/h2*1-8H3;6*1-6H3;7*1-4H3;18*1-2H3;4*1H4. The van der Waals surface area contributed by atoms with E-state index < -0.39 is 0 Å². The summed E-state index contributed by atoms with van der Waals surface area (Å²) in [5.41, 5.74) is 11.0. The van der Waals surface area contributed by atoms with Gasteiger partial charge in [0.25, 0.3) is 0 Å². The van der Waals surface area contributed by atoms with Crippen LogP contribution in [0.4, 0.5) is 0 Å². The fourth-order valence-corrected chi connectivity index (χ4v) is 2.25. The highest BCUT2D eigenvalue weighted by atomic mass is 14.5. The van der Waals surface area contributed by atoms with Crippen LogP contribution >= 0.6 is 0 Å². The molecule has 0 saturated carbocycles. The topological polar surface area (TPSA) is 0 Å². The van der Waals surface area contributed by atoms with Gasteiger partial charge in [0.2, 0.25) is 0 Å². The summed E-state index contributed by atoms with van der Waals surface area (Å²) in [7, 11) is 0. The average molecular weight is 2110 g/mol. The smallest absolute Gasteiger partial charge is 0.0257 e. The molecule has 0 aliphatic heterocycles. The SMILES string of the molecule is C.C.C.C.CC.CC.CC.CC.CC.CC.CC.CC.CC.CC.CC.CC.CC.CC.CC.CC.CC.CC.CC(C)(C)C.CC(C)(C)C.CC(C)(C)C.CC(C)(C)C.CC(C)(C)C.CC(C)(C)C.CC(C)(C)C.CC(C)(C)C(C)(C)C.CC(C)(C)C(C)(C)C.CC(C)(C)C(C)(C)C.CC(C)(C)C(C)(C)C.CC(C)(C)C(C)(C)C.CC(C)(C)C(C)(C)C.CC(C)(C)C(C)(C)C(C)(C)C.CC(C)(C)C(C)(C)C(C)(C)C. The Labute approximate surface area is 962 Å². The van der Waals surface area contributed by atoms with Crippen molar-refractivity contribution in [3.8, 4) is 0 Å². The maximum atomic E-state index is 2.35. The van der Waals surface area contributed by atoms with Crippen molar-refractivity contribution in [3.63, 3.8) is 0 Å². The average Bonchev–Trinajstić information content (AvgIpc) is 0.792. The van der Waals surface area contributed by atoms with Crippen LogP contribution in [0.3, 0.4) is 0 Å². The quantitative estimate of drug-likeness (QED) is 0.227. The zero-order chi connectivity index (χ0) is 128. The molecule has 0 rings (SSSR count). The zero-order valence-corrected chi connectivity index (χ0v) is 128. The lowest BCUT2D eigenvalue weighted by atomic mass is 9.56. The van der Waals surface area contributed by atoms with E-state index in [1.54, 1.807) is 0 Å². The Kier molecular flexibility index (Phi) is 233. The number of hydrogen-bond acceptors (Lipinski definition) is 0. The van der Waals surface area contributed by atoms with Crippen LogP contribution in [0.5, 0.6) is 0 Å². The summed E-state index contributed by atoms with van der Waals surface area (Å²) in [5.74, 6) is 0. The molecule has 0 aromatic heterocycles. The molecule has 0 N–H and O–H groups in total. The van der Waals surface area contributed by atoms with E-state index in [0.29, 0.717) is 135 Å². The van der Waals surface area contributed by atoms with Gasteiger partial charge < -0.3 is 0 Å². The van der Waals surface area contributed by atoms with Crippen LogP contribution in [0.15, 0.2) is 0 Å². The molecule has 0 saturated heterocycles. The van der Waals surface area contributed by atoms with E-state index in [-0.39, 0.29) is 29.7 Å². The molecule has 0 radical (unpaired) electrons. The maximum absolute atomic E-state index is 2.35. The van der Waals surface area contributed by atoms with Gasteiger partial charge in [-0.1, -0.05) is 833 Å². The number of hydrogen-bond donors (Lipinski definition) is 0. The van der Waals surface area contributed by atoms with Crippen molar-refractivity contribution in [2.75, 3.05) is 0 Å². The third kappa shape index (κ3) is 358. The number of rotatable bonds is 0. The summed E-state index contributed by atoms with van der Waals surface area (Å²) < 4.78 is 0. The van der Waals surface area contributed by atoms with Gasteiger partial charge in [0.1, 0.15) is 0 Å². The van der Waals surface area contributed by atoms with E-state index in [4.69, 9.17) is 0 Å². The Morgan fingerprint density at radius 1 is 0.0552 bits per heavy atom. The largest absolute Gasteiger partial charge is 0.0776 e. The zero-order valence-electron chi connectivity index (χ0n) is 128. The van der Waals surface area contributed by atoms with Crippen molar-refractivity contribution in [2.24, 2.45) is 135 Å². The summed E-state index contributed by atoms with van der Waals surface area (Å²) >= 11 is 0. The summed E-state index contributed by atoms with van der Waals surface area (Å²) in [6.07, 6.45) is 0. The van der Waals surface area contributed by atoms with E-state index in [0.717, 1.165) is 0 Å². The summed E-state index contributed by atoms with van der Waals surface area (Å²) in [6.45, 7) is 252. The summed E-state index contributed by atoms with van der Waals surface area (Å²) in [5, 5.41) is 0. The first-order valence-corrected chi connectivity index (χ1v) is 60.5. The first kappa shape index (κ1) is 258. The van der Waals surface area contributed by atoms with Gasteiger partial charge in [-0.3, -0.25) is 0 Å². The first-order valence-electron chi connectivity index (χ1n) is 60.5. The van der Waals surface area contributed by atoms with Gasteiger partial charge >= 0.3 is 0 Å². The van der Waals surface area contributed by atoms with Gasteiger partial charge in [0.15, 0.2) is 0 Å². The first-order chi connectivity index (χ1) is 60.5. The highest BCUT2D eigenvalue weighted by molar-refractivity contribution is 4.93. The van der Waals surface area contributed by atoms with Crippen molar-refractivity contribution in [3.05, 3.63) is 0 Å². The molecule has 0 nitrogen and oxygen atoms in total. The van der Waals surface area contributed by atoms with Crippen molar-refractivity contribution in [1.29, 1.82) is 0 Å². The Morgan fingerprint density at radius 3 is 0.0759 bits per heavy atom. The van der Waals surface area contributed by atoms with E-state index in [1.165, 1.54) is 0 Å². The molecule has 0 aliphatic rings. The van der Waals surface area contributed by atoms with Crippen molar-refractivity contribution in [2.45, 2.75) is 833 Å². The Hall–Kier alpha value is 0. The minimum Gasteiger partial charge on any atom is -0.0776 e. The van der Waals surface area contributed by atoms with E-state index in [9.17, 15) is 0 Å². The van der Waals surface area contributed by atoms with Crippen LogP contribution in [0.25, 0.3) is 0 Å². The van der Waals surface area contributed by atoms with Crippen LogP contribution < -0.4 is 0 Å². The molecule has 0 heterocycles. The lowest BCUT2D eigenvalue weighted by Crippen LogP contribution is -2.41. The van der Waals surface area contributed by atoms with Gasteiger partial charge in [-0.05, 0) is 135 Å².